The van der Waals surface area contributed by atoms with Crippen molar-refractivity contribution < 1.29 is 9.18 Å². The minimum absolute atomic E-state index is 0.124. The predicted octanol–water partition coefficient (Wildman–Crippen LogP) is 4.68. The largest absolute Gasteiger partial charge is 0.302 e. The Morgan fingerprint density at radius 2 is 2.15 bits per heavy atom. The molecule has 6 heteroatoms. The molecule has 0 aliphatic heterocycles. The van der Waals surface area contributed by atoms with Gasteiger partial charge in [-0.3, -0.25) is 4.79 Å². The summed E-state index contributed by atoms with van der Waals surface area (Å²) in [6.07, 6.45) is 0. The Bertz CT molecular complexity index is 655. The zero-order valence-electron chi connectivity index (χ0n) is 11.3. The van der Waals surface area contributed by atoms with Crippen LogP contribution in [0.4, 0.5) is 9.52 Å². The van der Waals surface area contributed by atoms with Gasteiger partial charge in [-0.15, -0.1) is 0 Å². The molecule has 3 nitrogen and oxygen atoms in total. The zero-order chi connectivity index (χ0) is 14.9. The van der Waals surface area contributed by atoms with Crippen LogP contribution in [0.25, 0.3) is 10.4 Å². The number of halogens is 2. The molecule has 0 aliphatic rings. The molecule has 0 spiro atoms. The van der Waals surface area contributed by atoms with Crippen molar-refractivity contribution in [2.45, 2.75) is 26.7 Å². The van der Waals surface area contributed by atoms with Crippen LogP contribution in [-0.2, 0) is 4.79 Å². The van der Waals surface area contributed by atoms with E-state index in [0.29, 0.717) is 15.7 Å². The van der Waals surface area contributed by atoms with Gasteiger partial charge < -0.3 is 5.32 Å². The minimum atomic E-state index is -0.391. The number of amides is 1. The number of thiazole rings is 1. The Balaban J connectivity index is 2.53. The van der Waals surface area contributed by atoms with Crippen molar-refractivity contribution in [3.05, 3.63) is 34.7 Å². The number of carbonyl (C=O) groups is 1. The molecule has 0 aliphatic carbocycles. The lowest BCUT2D eigenvalue weighted by molar-refractivity contribution is -0.114. The third-order valence-corrected chi connectivity index (χ3v) is 3.91. The maximum Gasteiger partial charge on any atom is 0.223 e. The van der Waals surface area contributed by atoms with E-state index in [2.05, 4.69) is 10.3 Å². The molecule has 0 radical (unpaired) electrons. The highest BCUT2D eigenvalue weighted by atomic mass is 35.5. The average Bonchev–Trinajstić information content (AvgIpc) is 2.71. The highest BCUT2D eigenvalue weighted by molar-refractivity contribution is 7.19. The summed E-state index contributed by atoms with van der Waals surface area (Å²) in [6.45, 7) is 5.37. The number of hydrogen-bond donors (Lipinski definition) is 1. The van der Waals surface area contributed by atoms with E-state index >= 15 is 0 Å². The SMILES string of the molecule is CC(=O)Nc1nc(C(C)C)c(-c2ccc(Cl)cc2F)s1. The van der Waals surface area contributed by atoms with Crippen molar-refractivity contribution in [2.24, 2.45) is 0 Å². The summed E-state index contributed by atoms with van der Waals surface area (Å²) in [5, 5.41) is 3.47. The molecule has 1 amide bonds. The fraction of sp³-hybridized carbons (Fsp3) is 0.286. The van der Waals surface area contributed by atoms with Gasteiger partial charge in [0.05, 0.1) is 10.6 Å². The van der Waals surface area contributed by atoms with Gasteiger partial charge in [0, 0.05) is 17.5 Å². The normalized spacial score (nSPS) is 10.9. The van der Waals surface area contributed by atoms with Crippen LogP contribution in [0.5, 0.6) is 0 Å². The molecule has 20 heavy (non-hydrogen) atoms. The molecule has 0 unspecified atom stereocenters. The molecular weight excluding hydrogens is 299 g/mol. The van der Waals surface area contributed by atoms with Crippen LogP contribution in [0.2, 0.25) is 5.02 Å². The Morgan fingerprint density at radius 1 is 1.45 bits per heavy atom. The first-order valence-corrected chi connectivity index (χ1v) is 7.31. The van der Waals surface area contributed by atoms with Crippen LogP contribution in [0.1, 0.15) is 32.4 Å². The van der Waals surface area contributed by atoms with Crippen LogP contribution >= 0.6 is 22.9 Å². The zero-order valence-corrected chi connectivity index (χ0v) is 12.9. The number of benzene rings is 1. The summed E-state index contributed by atoms with van der Waals surface area (Å²) in [5.41, 5.74) is 1.21. The summed E-state index contributed by atoms with van der Waals surface area (Å²) in [6, 6.07) is 4.55. The van der Waals surface area contributed by atoms with Crippen molar-refractivity contribution in [2.75, 3.05) is 5.32 Å². The fourth-order valence-electron chi connectivity index (χ4n) is 1.79. The quantitative estimate of drug-likeness (QED) is 0.893. The van der Waals surface area contributed by atoms with E-state index in [1.54, 1.807) is 12.1 Å². The molecular formula is C14H14ClFN2OS. The van der Waals surface area contributed by atoms with Crippen molar-refractivity contribution in [3.8, 4) is 10.4 Å². The summed E-state index contributed by atoms with van der Waals surface area (Å²) < 4.78 is 14.1. The highest BCUT2D eigenvalue weighted by Crippen LogP contribution is 2.38. The summed E-state index contributed by atoms with van der Waals surface area (Å²) in [7, 11) is 0. The molecule has 0 fully saturated rings. The van der Waals surface area contributed by atoms with E-state index in [1.807, 2.05) is 13.8 Å². The van der Waals surface area contributed by atoms with E-state index in [0.717, 1.165) is 10.6 Å². The number of hydrogen-bond acceptors (Lipinski definition) is 3. The Labute approximate surface area is 125 Å². The predicted molar refractivity (Wildman–Crippen MR) is 80.9 cm³/mol. The third kappa shape index (κ3) is 3.16. The van der Waals surface area contributed by atoms with Gasteiger partial charge in [-0.1, -0.05) is 36.8 Å². The van der Waals surface area contributed by atoms with Crippen LogP contribution in [0, 0.1) is 5.82 Å². The summed E-state index contributed by atoms with van der Waals surface area (Å²) in [4.78, 5) is 16.2. The van der Waals surface area contributed by atoms with Gasteiger partial charge in [-0.05, 0) is 24.1 Å². The van der Waals surface area contributed by atoms with Crippen LogP contribution in [0.15, 0.2) is 18.2 Å². The van der Waals surface area contributed by atoms with Crippen LogP contribution < -0.4 is 5.32 Å². The van der Waals surface area contributed by atoms with E-state index < -0.39 is 5.82 Å². The Kier molecular flexibility index (Phi) is 4.40. The molecule has 0 atom stereocenters. The molecule has 106 valence electrons. The minimum Gasteiger partial charge on any atom is -0.302 e. The second-order valence-electron chi connectivity index (χ2n) is 4.69. The number of nitrogens with zero attached hydrogens (tertiary/aromatic N) is 1. The van der Waals surface area contributed by atoms with Gasteiger partial charge in [0.15, 0.2) is 5.13 Å². The standard InChI is InChI=1S/C14H14ClFN2OS/c1-7(2)12-13(20-14(18-12)17-8(3)19)10-5-4-9(15)6-11(10)16/h4-7H,1-3H3,(H,17,18,19). The van der Waals surface area contributed by atoms with Gasteiger partial charge >= 0.3 is 0 Å². The van der Waals surface area contributed by atoms with Crippen LogP contribution in [-0.4, -0.2) is 10.9 Å². The maximum absolute atomic E-state index is 14.1. The Hall–Kier alpha value is -1.46. The smallest absolute Gasteiger partial charge is 0.223 e. The first-order valence-electron chi connectivity index (χ1n) is 6.12. The topological polar surface area (TPSA) is 42.0 Å². The molecule has 1 N–H and O–H groups in total. The monoisotopic (exact) mass is 312 g/mol. The number of anilines is 1. The summed E-state index contributed by atoms with van der Waals surface area (Å²) in [5.74, 6) is -0.464. The highest BCUT2D eigenvalue weighted by Gasteiger charge is 2.19. The van der Waals surface area contributed by atoms with Crippen molar-refractivity contribution >= 4 is 34.0 Å². The van der Waals surface area contributed by atoms with E-state index in [4.69, 9.17) is 11.6 Å². The molecule has 0 bridgehead atoms. The van der Waals surface area contributed by atoms with E-state index in [1.165, 1.54) is 24.3 Å². The fourth-order valence-corrected chi connectivity index (χ4v) is 3.15. The lowest BCUT2D eigenvalue weighted by atomic mass is 10.1. The number of rotatable bonds is 3. The van der Waals surface area contributed by atoms with E-state index in [9.17, 15) is 9.18 Å². The molecule has 2 rings (SSSR count). The van der Waals surface area contributed by atoms with Crippen molar-refractivity contribution in [3.63, 3.8) is 0 Å². The van der Waals surface area contributed by atoms with Crippen molar-refractivity contribution in [1.82, 2.24) is 4.98 Å². The van der Waals surface area contributed by atoms with Gasteiger partial charge in [0.1, 0.15) is 5.82 Å². The van der Waals surface area contributed by atoms with Crippen molar-refractivity contribution in [1.29, 1.82) is 0 Å². The lowest BCUT2D eigenvalue weighted by Gasteiger charge is -2.06. The molecule has 1 aromatic heterocycles. The maximum atomic E-state index is 14.1. The van der Waals surface area contributed by atoms with Crippen LogP contribution in [0.3, 0.4) is 0 Å². The Morgan fingerprint density at radius 3 is 2.70 bits per heavy atom. The summed E-state index contributed by atoms with van der Waals surface area (Å²) >= 11 is 7.03. The van der Waals surface area contributed by atoms with E-state index in [-0.39, 0.29) is 11.8 Å². The number of carbonyl (C=O) groups excluding carboxylic acids is 1. The molecule has 0 saturated heterocycles. The second kappa shape index (κ2) is 5.89. The van der Waals surface area contributed by atoms with Gasteiger partial charge in [-0.2, -0.15) is 0 Å². The molecule has 1 aromatic carbocycles. The number of nitrogens with one attached hydrogen (secondary N) is 1. The second-order valence-corrected chi connectivity index (χ2v) is 6.13. The van der Waals surface area contributed by atoms with Gasteiger partial charge in [0.25, 0.3) is 0 Å². The first-order chi connectivity index (χ1) is 9.38. The average molecular weight is 313 g/mol. The molecule has 0 saturated carbocycles. The third-order valence-electron chi connectivity index (χ3n) is 2.66. The lowest BCUT2D eigenvalue weighted by Crippen LogP contribution is -2.05. The van der Waals surface area contributed by atoms with Gasteiger partial charge in [0.2, 0.25) is 5.91 Å². The number of aromatic nitrogens is 1. The molecule has 1 heterocycles. The van der Waals surface area contributed by atoms with Gasteiger partial charge in [-0.25, -0.2) is 9.37 Å². The first kappa shape index (κ1) is 14.9. The molecule has 2 aromatic rings.